The first-order chi connectivity index (χ1) is 29.0. The summed E-state index contributed by atoms with van der Waals surface area (Å²) in [6.07, 6.45) is 53.4. The van der Waals surface area contributed by atoms with Crippen molar-refractivity contribution in [2.45, 2.75) is 297 Å². The lowest BCUT2D eigenvalue weighted by molar-refractivity contribution is -0.167. The van der Waals surface area contributed by atoms with Crippen LogP contribution in [-0.4, -0.2) is 37.2 Å². The molecule has 6 nitrogen and oxygen atoms in total. The molecule has 0 aromatic heterocycles. The molecule has 0 radical (unpaired) electrons. The molecule has 0 N–H and O–H groups in total. The summed E-state index contributed by atoms with van der Waals surface area (Å²) in [5, 5.41) is 0. The highest BCUT2D eigenvalue weighted by atomic mass is 16.6. The van der Waals surface area contributed by atoms with Gasteiger partial charge in [0.15, 0.2) is 6.10 Å². The lowest BCUT2D eigenvalue weighted by atomic mass is 10.0. The minimum absolute atomic E-state index is 0.0673. The van der Waals surface area contributed by atoms with Crippen molar-refractivity contribution in [3.8, 4) is 0 Å². The molecule has 0 aromatic carbocycles. The second-order valence-electron chi connectivity index (χ2n) is 17.8. The summed E-state index contributed by atoms with van der Waals surface area (Å²) in [5.74, 6) is -0.861. The van der Waals surface area contributed by atoms with E-state index in [1.165, 1.54) is 180 Å². The molecule has 0 rings (SSSR count). The third-order valence-corrected chi connectivity index (χ3v) is 11.8. The smallest absolute Gasteiger partial charge is 0.306 e. The molecule has 0 aliphatic carbocycles. The summed E-state index contributed by atoms with van der Waals surface area (Å²) < 4.78 is 16.8. The fourth-order valence-electron chi connectivity index (χ4n) is 7.80. The molecule has 6 heteroatoms. The highest BCUT2D eigenvalue weighted by Crippen LogP contribution is 2.17. The highest BCUT2D eigenvalue weighted by molar-refractivity contribution is 5.71. The van der Waals surface area contributed by atoms with Crippen molar-refractivity contribution in [3.63, 3.8) is 0 Å². The fourth-order valence-corrected chi connectivity index (χ4v) is 7.80. The zero-order valence-corrected chi connectivity index (χ0v) is 39.8. The van der Waals surface area contributed by atoms with Gasteiger partial charge in [0.05, 0.1) is 0 Å². The standard InChI is InChI=1S/C53H100O6/c1-4-7-10-13-16-19-22-24-25-26-27-28-30-31-34-37-40-43-46-52(55)58-49-50(48-57-51(54)45-42-39-36-33-21-18-15-12-9-6-3)59-53(56)47-44-41-38-35-32-29-23-20-17-14-11-8-5-2/h12,15,50H,4-11,13-14,16-49H2,1-3H3/b15-12-. The van der Waals surface area contributed by atoms with Gasteiger partial charge in [0.2, 0.25) is 0 Å². The predicted molar refractivity (Wildman–Crippen MR) is 252 cm³/mol. The summed E-state index contributed by atoms with van der Waals surface area (Å²) in [6, 6.07) is 0. The van der Waals surface area contributed by atoms with E-state index in [0.29, 0.717) is 19.3 Å². The Balaban J connectivity index is 4.25. The van der Waals surface area contributed by atoms with Crippen LogP contribution >= 0.6 is 0 Å². The van der Waals surface area contributed by atoms with Crippen LogP contribution in [0.25, 0.3) is 0 Å². The first kappa shape index (κ1) is 57.1. The van der Waals surface area contributed by atoms with Crippen molar-refractivity contribution in [3.05, 3.63) is 12.2 Å². The molecule has 0 aliphatic heterocycles. The Morgan fingerprint density at radius 2 is 0.593 bits per heavy atom. The summed E-state index contributed by atoms with van der Waals surface area (Å²) in [7, 11) is 0. The van der Waals surface area contributed by atoms with Gasteiger partial charge in [-0.25, -0.2) is 0 Å². The molecule has 0 saturated heterocycles. The maximum atomic E-state index is 12.8. The number of allylic oxidation sites excluding steroid dienone is 2. The van der Waals surface area contributed by atoms with E-state index in [0.717, 1.165) is 70.6 Å². The molecule has 0 saturated carbocycles. The summed E-state index contributed by atoms with van der Waals surface area (Å²) in [5.41, 5.74) is 0. The van der Waals surface area contributed by atoms with E-state index in [-0.39, 0.29) is 31.1 Å². The van der Waals surface area contributed by atoms with Gasteiger partial charge in [-0.05, 0) is 38.5 Å². The number of hydrogen-bond acceptors (Lipinski definition) is 6. The Hall–Kier alpha value is -1.85. The molecule has 1 unspecified atom stereocenters. The Labute approximate surface area is 367 Å². The summed E-state index contributed by atoms with van der Waals surface area (Å²) in [6.45, 7) is 6.61. The molecule has 0 bridgehead atoms. The zero-order valence-electron chi connectivity index (χ0n) is 39.8. The molecule has 0 aromatic rings. The van der Waals surface area contributed by atoms with E-state index in [4.69, 9.17) is 14.2 Å². The van der Waals surface area contributed by atoms with E-state index >= 15 is 0 Å². The topological polar surface area (TPSA) is 78.9 Å². The van der Waals surface area contributed by atoms with Crippen LogP contribution in [0.4, 0.5) is 0 Å². The van der Waals surface area contributed by atoms with E-state index in [2.05, 4.69) is 32.9 Å². The Bertz CT molecular complexity index is 916. The molecule has 0 spiro atoms. The van der Waals surface area contributed by atoms with Crippen molar-refractivity contribution in [1.29, 1.82) is 0 Å². The molecule has 1 atom stereocenters. The van der Waals surface area contributed by atoms with Crippen LogP contribution in [0, 0.1) is 0 Å². The number of esters is 3. The summed E-state index contributed by atoms with van der Waals surface area (Å²) in [4.78, 5) is 37.9. The van der Waals surface area contributed by atoms with Crippen LogP contribution in [0.1, 0.15) is 290 Å². The monoisotopic (exact) mass is 833 g/mol. The van der Waals surface area contributed by atoms with Gasteiger partial charge in [-0.15, -0.1) is 0 Å². The highest BCUT2D eigenvalue weighted by Gasteiger charge is 2.19. The van der Waals surface area contributed by atoms with Gasteiger partial charge in [0.1, 0.15) is 13.2 Å². The largest absolute Gasteiger partial charge is 0.462 e. The van der Waals surface area contributed by atoms with Crippen LogP contribution in [0.3, 0.4) is 0 Å². The van der Waals surface area contributed by atoms with Crippen molar-refractivity contribution in [2.24, 2.45) is 0 Å². The molecule has 59 heavy (non-hydrogen) atoms. The Morgan fingerprint density at radius 3 is 0.915 bits per heavy atom. The minimum atomic E-state index is -0.765. The molecule has 0 aliphatic rings. The number of unbranched alkanes of at least 4 members (excludes halogenated alkanes) is 35. The Morgan fingerprint density at radius 1 is 0.322 bits per heavy atom. The predicted octanol–water partition coefficient (Wildman–Crippen LogP) is 17.0. The van der Waals surface area contributed by atoms with E-state index in [1.54, 1.807) is 0 Å². The fraction of sp³-hybridized carbons (Fsp3) is 0.906. The third-order valence-electron chi connectivity index (χ3n) is 11.8. The number of ether oxygens (including phenoxy) is 3. The lowest BCUT2D eigenvalue weighted by Gasteiger charge is -2.18. The number of hydrogen-bond donors (Lipinski definition) is 0. The van der Waals surface area contributed by atoms with Crippen LogP contribution < -0.4 is 0 Å². The SMILES string of the molecule is CCC/C=C\CCCCCCCC(=O)OCC(COC(=O)CCCCCCCCCCCCCCCCCCCC)OC(=O)CCCCCCCCCCCCCCC. The minimum Gasteiger partial charge on any atom is -0.462 e. The number of carbonyl (C=O) groups excluding carboxylic acids is 3. The molecular formula is C53H100O6. The number of rotatable bonds is 48. The van der Waals surface area contributed by atoms with Crippen LogP contribution in [0.2, 0.25) is 0 Å². The van der Waals surface area contributed by atoms with E-state index in [1.807, 2.05) is 0 Å². The quantitative estimate of drug-likeness (QED) is 0.0263. The van der Waals surface area contributed by atoms with Gasteiger partial charge in [-0.1, -0.05) is 245 Å². The molecule has 0 amide bonds. The zero-order chi connectivity index (χ0) is 43.0. The second kappa shape index (κ2) is 48.8. The molecule has 0 heterocycles. The van der Waals surface area contributed by atoms with Gasteiger partial charge in [0, 0.05) is 19.3 Å². The summed E-state index contributed by atoms with van der Waals surface area (Å²) >= 11 is 0. The molecular weight excluding hydrogens is 733 g/mol. The van der Waals surface area contributed by atoms with Crippen molar-refractivity contribution in [2.75, 3.05) is 13.2 Å². The average Bonchev–Trinajstić information content (AvgIpc) is 3.23. The van der Waals surface area contributed by atoms with Gasteiger partial charge < -0.3 is 14.2 Å². The lowest BCUT2D eigenvalue weighted by Crippen LogP contribution is -2.30. The Kier molecular flexibility index (Phi) is 47.3. The first-order valence-corrected chi connectivity index (χ1v) is 26.2. The van der Waals surface area contributed by atoms with Gasteiger partial charge in [0.25, 0.3) is 0 Å². The van der Waals surface area contributed by atoms with Gasteiger partial charge >= 0.3 is 17.9 Å². The van der Waals surface area contributed by atoms with Crippen LogP contribution in [-0.2, 0) is 28.6 Å². The van der Waals surface area contributed by atoms with Crippen LogP contribution in [0.15, 0.2) is 12.2 Å². The van der Waals surface area contributed by atoms with Crippen LogP contribution in [0.5, 0.6) is 0 Å². The van der Waals surface area contributed by atoms with Crippen molar-refractivity contribution >= 4 is 17.9 Å². The van der Waals surface area contributed by atoms with Crippen molar-refractivity contribution < 1.29 is 28.6 Å². The normalized spacial score (nSPS) is 12.0. The van der Waals surface area contributed by atoms with E-state index in [9.17, 15) is 14.4 Å². The molecule has 0 fully saturated rings. The second-order valence-corrected chi connectivity index (χ2v) is 17.8. The van der Waals surface area contributed by atoms with Crippen molar-refractivity contribution in [1.82, 2.24) is 0 Å². The molecule has 348 valence electrons. The third kappa shape index (κ3) is 47.1. The average molecular weight is 833 g/mol. The van der Waals surface area contributed by atoms with E-state index < -0.39 is 6.10 Å². The van der Waals surface area contributed by atoms with Gasteiger partial charge in [-0.3, -0.25) is 14.4 Å². The maximum Gasteiger partial charge on any atom is 0.306 e. The maximum absolute atomic E-state index is 12.8. The van der Waals surface area contributed by atoms with Gasteiger partial charge in [-0.2, -0.15) is 0 Å². The number of carbonyl (C=O) groups is 3. The first-order valence-electron chi connectivity index (χ1n) is 26.2.